The summed E-state index contributed by atoms with van der Waals surface area (Å²) < 4.78 is 56.6. The van der Waals surface area contributed by atoms with Crippen LogP contribution in [0.15, 0.2) is 0 Å². The van der Waals surface area contributed by atoms with E-state index in [0.29, 0.717) is 25.7 Å². The van der Waals surface area contributed by atoms with Gasteiger partial charge in [-0.2, -0.15) is 0 Å². The van der Waals surface area contributed by atoms with Gasteiger partial charge in [-0.15, -0.1) is 0 Å². The number of hydrogen-bond donors (Lipinski definition) is 0. The topological polar surface area (TPSA) is 83.1 Å². The number of rotatable bonds is 20. The van der Waals surface area contributed by atoms with E-state index in [9.17, 15) is 0 Å². The van der Waals surface area contributed by atoms with Gasteiger partial charge in [-0.05, 0) is 38.0 Å². The highest BCUT2D eigenvalue weighted by atomic mass is 16.7. The van der Waals surface area contributed by atoms with E-state index in [4.69, 9.17) is 42.6 Å². The standard InChI is InChI=1S/C32H58O9/c1-5-7-12-25(23(3)6-2)37-22-27(40-30-15-10-19-35-30)32(41-31-16-11-20-36-31)24(4)26(39-29-14-9-18-34-29)21-38-28-13-8-17-33-28/h23-32H,5-22H2,1-4H3. The molecule has 41 heavy (non-hydrogen) atoms. The van der Waals surface area contributed by atoms with Crippen LogP contribution in [-0.2, 0) is 42.6 Å². The minimum absolute atomic E-state index is 0.0857. The van der Waals surface area contributed by atoms with Gasteiger partial charge < -0.3 is 42.6 Å². The second-order valence-electron chi connectivity index (χ2n) is 12.3. The van der Waals surface area contributed by atoms with Gasteiger partial charge in [0.25, 0.3) is 0 Å². The van der Waals surface area contributed by atoms with Gasteiger partial charge in [-0.1, -0.05) is 47.0 Å². The third-order valence-corrected chi connectivity index (χ3v) is 9.03. The van der Waals surface area contributed by atoms with Gasteiger partial charge in [0.05, 0.1) is 31.5 Å². The molecule has 0 saturated carbocycles. The normalized spacial score (nSPS) is 31.3. The number of unbranched alkanes of at least 4 members (excludes halogenated alkanes) is 1. The van der Waals surface area contributed by atoms with Crippen molar-refractivity contribution >= 4 is 0 Å². The first-order valence-corrected chi connectivity index (χ1v) is 16.7. The van der Waals surface area contributed by atoms with Crippen LogP contribution in [0, 0.1) is 11.8 Å². The molecule has 0 aromatic heterocycles. The maximum atomic E-state index is 6.77. The summed E-state index contributed by atoms with van der Waals surface area (Å²) in [5.74, 6) is 0.382. The minimum Gasteiger partial charge on any atom is -0.375 e. The average Bonchev–Trinajstić information content (AvgIpc) is 3.82. The lowest BCUT2D eigenvalue weighted by Gasteiger charge is -2.39. The SMILES string of the molecule is CCCCC(OCC(OC1CCCO1)C(OC1CCCO1)C(C)C(COC1CCCO1)OC1CCCO1)C(C)CC. The van der Waals surface area contributed by atoms with E-state index >= 15 is 0 Å². The Labute approximate surface area is 248 Å². The molecule has 10 atom stereocenters. The Morgan fingerprint density at radius 3 is 1.68 bits per heavy atom. The predicted molar refractivity (Wildman–Crippen MR) is 154 cm³/mol. The molecule has 4 rings (SSSR count). The summed E-state index contributed by atoms with van der Waals surface area (Å²) >= 11 is 0. The molecule has 9 nitrogen and oxygen atoms in total. The molecule has 0 aromatic carbocycles. The highest BCUT2D eigenvalue weighted by Gasteiger charge is 2.41. The van der Waals surface area contributed by atoms with Gasteiger partial charge in [-0.25, -0.2) is 0 Å². The molecule has 0 spiro atoms. The molecule has 240 valence electrons. The zero-order valence-corrected chi connectivity index (χ0v) is 26.2. The summed E-state index contributed by atoms with van der Waals surface area (Å²) in [5, 5.41) is 0. The van der Waals surface area contributed by atoms with E-state index in [0.717, 1.165) is 96.9 Å². The molecule has 0 aromatic rings. The van der Waals surface area contributed by atoms with Crippen LogP contribution < -0.4 is 0 Å². The lowest BCUT2D eigenvalue weighted by Crippen LogP contribution is -2.50. The molecule has 4 aliphatic rings. The summed E-state index contributed by atoms with van der Waals surface area (Å²) in [6, 6.07) is 0. The molecule has 0 N–H and O–H groups in total. The monoisotopic (exact) mass is 586 g/mol. The van der Waals surface area contributed by atoms with Crippen LogP contribution in [-0.4, -0.2) is 89.2 Å². The van der Waals surface area contributed by atoms with Gasteiger partial charge in [-0.3, -0.25) is 0 Å². The molecular weight excluding hydrogens is 528 g/mol. The summed E-state index contributed by atoms with van der Waals surface area (Å²) in [5.41, 5.74) is 0. The van der Waals surface area contributed by atoms with Crippen molar-refractivity contribution in [2.24, 2.45) is 11.8 Å². The van der Waals surface area contributed by atoms with Gasteiger partial charge in [0.15, 0.2) is 25.2 Å². The van der Waals surface area contributed by atoms with E-state index < -0.39 is 0 Å². The molecule has 0 aliphatic carbocycles. The van der Waals surface area contributed by atoms with E-state index in [2.05, 4.69) is 27.7 Å². The van der Waals surface area contributed by atoms with Crippen LogP contribution in [0.2, 0.25) is 0 Å². The maximum Gasteiger partial charge on any atom is 0.158 e. The van der Waals surface area contributed by atoms with Crippen LogP contribution in [0.1, 0.15) is 105 Å². The first-order valence-electron chi connectivity index (χ1n) is 16.7. The summed E-state index contributed by atoms with van der Waals surface area (Å²) in [6.07, 6.45) is 10.2. The Bertz CT molecular complexity index is 672. The Balaban J connectivity index is 1.53. The van der Waals surface area contributed by atoms with Gasteiger partial charge in [0.2, 0.25) is 0 Å². The predicted octanol–water partition coefficient (Wildman–Crippen LogP) is 5.96. The van der Waals surface area contributed by atoms with E-state index in [1.54, 1.807) is 0 Å². The fourth-order valence-electron chi connectivity index (χ4n) is 6.12. The third-order valence-electron chi connectivity index (χ3n) is 9.03. The minimum atomic E-state index is -0.344. The molecule has 9 heteroatoms. The Morgan fingerprint density at radius 1 is 0.634 bits per heavy atom. The van der Waals surface area contributed by atoms with Crippen molar-refractivity contribution < 1.29 is 42.6 Å². The maximum absolute atomic E-state index is 6.77. The molecule has 0 radical (unpaired) electrons. The van der Waals surface area contributed by atoms with Crippen LogP contribution >= 0.6 is 0 Å². The molecule has 4 saturated heterocycles. The van der Waals surface area contributed by atoms with Gasteiger partial charge >= 0.3 is 0 Å². The first kappa shape index (κ1) is 33.5. The summed E-state index contributed by atoms with van der Waals surface area (Å²) in [6.45, 7) is 12.7. The van der Waals surface area contributed by atoms with Crippen molar-refractivity contribution in [2.45, 2.75) is 154 Å². The van der Waals surface area contributed by atoms with Crippen molar-refractivity contribution in [3.63, 3.8) is 0 Å². The van der Waals surface area contributed by atoms with Crippen LogP contribution in [0.25, 0.3) is 0 Å². The second kappa shape index (κ2) is 18.4. The molecule has 0 bridgehead atoms. The van der Waals surface area contributed by atoms with Crippen LogP contribution in [0.5, 0.6) is 0 Å². The molecular formula is C32H58O9. The molecule has 0 amide bonds. The van der Waals surface area contributed by atoms with E-state index in [-0.39, 0.29) is 55.5 Å². The molecule has 10 unspecified atom stereocenters. The average molecular weight is 587 g/mol. The van der Waals surface area contributed by atoms with E-state index in [1.165, 1.54) is 0 Å². The highest BCUT2D eigenvalue weighted by Crippen LogP contribution is 2.31. The smallest absolute Gasteiger partial charge is 0.158 e. The zero-order chi connectivity index (χ0) is 28.9. The van der Waals surface area contributed by atoms with E-state index in [1.807, 2.05) is 0 Å². The Morgan fingerprint density at radius 2 is 1.17 bits per heavy atom. The molecule has 4 fully saturated rings. The Kier molecular flexibility index (Phi) is 15.1. The summed E-state index contributed by atoms with van der Waals surface area (Å²) in [7, 11) is 0. The van der Waals surface area contributed by atoms with Crippen molar-refractivity contribution in [1.29, 1.82) is 0 Å². The lowest BCUT2D eigenvalue weighted by atomic mass is 9.93. The highest BCUT2D eigenvalue weighted by molar-refractivity contribution is 4.85. The Hall–Kier alpha value is -0.360. The quantitative estimate of drug-likeness (QED) is 0.172. The first-order chi connectivity index (χ1) is 20.1. The van der Waals surface area contributed by atoms with Gasteiger partial charge in [0, 0.05) is 58.0 Å². The van der Waals surface area contributed by atoms with Crippen molar-refractivity contribution in [3.8, 4) is 0 Å². The fourth-order valence-corrected chi connectivity index (χ4v) is 6.12. The third kappa shape index (κ3) is 10.9. The van der Waals surface area contributed by atoms with Gasteiger partial charge in [0.1, 0.15) is 6.10 Å². The number of ether oxygens (including phenoxy) is 9. The largest absolute Gasteiger partial charge is 0.375 e. The second-order valence-corrected chi connectivity index (χ2v) is 12.3. The fraction of sp³-hybridized carbons (Fsp3) is 1.00. The zero-order valence-electron chi connectivity index (χ0n) is 26.2. The summed E-state index contributed by atoms with van der Waals surface area (Å²) in [4.78, 5) is 0. The lowest BCUT2D eigenvalue weighted by molar-refractivity contribution is -0.261. The number of hydrogen-bond acceptors (Lipinski definition) is 9. The molecule has 4 heterocycles. The van der Waals surface area contributed by atoms with Crippen molar-refractivity contribution in [2.75, 3.05) is 39.6 Å². The van der Waals surface area contributed by atoms with Crippen molar-refractivity contribution in [3.05, 3.63) is 0 Å². The van der Waals surface area contributed by atoms with Crippen LogP contribution in [0.3, 0.4) is 0 Å². The van der Waals surface area contributed by atoms with Crippen molar-refractivity contribution in [1.82, 2.24) is 0 Å². The molecule has 4 aliphatic heterocycles. The van der Waals surface area contributed by atoms with Crippen LogP contribution in [0.4, 0.5) is 0 Å².